The summed E-state index contributed by atoms with van der Waals surface area (Å²) >= 11 is 0. The van der Waals surface area contributed by atoms with Crippen molar-refractivity contribution in [1.29, 1.82) is 0 Å². The topological polar surface area (TPSA) is 66.4 Å². The van der Waals surface area contributed by atoms with Gasteiger partial charge < -0.3 is 5.11 Å². The van der Waals surface area contributed by atoms with Gasteiger partial charge in [0.05, 0.1) is 11.9 Å². The molecule has 2 fully saturated rings. The second-order valence-electron chi connectivity index (χ2n) is 7.98. The highest BCUT2D eigenvalue weighted by molar-refractivity contribution is 7.89. The van der Waals surface area contributed by atoms with Gasteiger partial charge in [-0.05, 0) is 51.4 Å². The van der Waals surface area contributed by atoms with Crippen LogP contribution in [0.1, 0.15) is 53.9 Å². The fourth-order valence-corrected chi connectivity index (χ4v) is 6.61. The van der Waals surface area contributed by atoms with Crippen molar-refractivity contribution in [3.63, 3.8) is 0 Å². The van der Waals surface area contributed by atoms with Gasteiger partial charge in [-0.2, -0.15) is 0 Å². The monoisotopic (exact) mass is 289 g/mol. The van der Waals surface area contributed by atoms with E-state index in [1.54, 1.807) is 0 Å². The number of nitrogens with one attached hydrogen (secondary N) is 1. The largest absolute Gasteiger partial charge is 0.392 e. The van der Waals surface area contributed by atoms with E-state index in [9.17, 15) is 13.5 Å². The average Bonchev–Trinajstić information content (AvgIpc) is 2.46. The van der Waals surface area contributed by atoms with E-state index < -0.39 is 27.1 Å². The van der Waals surface area contributed by atoms with Crippen LogP contribution in [-0.4, -0.2) is 30.9 Å². The molecule has 2 aliphatic carbocycles. The summed E-state index contributed by atoms with van der Waals surface area (Å²) < 4.78 is 27.5. The van der Waals surface area contributed by atoms with Crippen LogP contribution in [0, 0.1) is 16.7 Å². The van der Waals surface area contributed by atoms with Crippen LogP contribution in [0.2, 0.25) is 0 Å². The molecule has 3 atom stereocenters. The molecule has 0 spiro atoms. The molecule has 0 radical (unpaired) electrons. The van der Waals surface area contributed by atoms with Crippen LogP contribution in [0.4, 0.5) is 0 Å². The molecular formula is C14H27NO3S. The minimum Gasteiger partial charge on any atom is -0.392 e. The summed E-state index contributed by atoms with van der Waals surface area (Å²) in [6.45, 7) is 9.77. The maximum Gasteiger partial charge on any atom is 0.212 e. The normalized spacial score (nSPS) is 37.8. The van der Waals surface area contributed by atoms with Gasteiger partial charge in [0, 0.05) is 11.0 Å². The molecule has 5 heteroatoms. The minimum atomic E-state index is -3.38. The molecule has 0 aromatic carbocycles. The smallest absolute Gasteiger partial charge is 0.212 e. The number of fused-ring (bicyclic) bond motifs is 2. The van der Waals surface area contributed by atoms with E-state index in [1.807, 2.05) is 20.8 Å². The molecule has 0 aliphatic heterocycles. The number of hydrogen-bond acceptors (Lipinski definition) is 3. The third kappa shape index (κ3) is 2.45. The van der Waals surface area contributed by atoms with Crippen LogP contribution >= 0.6 is 0 Å². The lowest BCUT2D eigenvalue weighted by Crippen LogP contribution is -2.50. The third-order valence-corrected chi connectivity index (χ3v) is 7.12. The van der Waals surface area contributed by atoms with Crippen molar-refractivity contribution in [3.05, 3.63) is 0 Å². The van der Waals surface area contributed by atoms with Crippen molar-refractivity contribution in [2.24, 2.45) is 16.7 Å². The van der Waals surface area contributed by atoms with E-state index in [-0.39, 0.29) is 11.2 Å². The lowest BCUT2D eigenvalue weighted by Gasteiger charge is -2.40. The molecule has 0 unspecified atom stereocenters. The highest BCUT2D eigenvalue weighted by atomic mass is 32.2. The molecule has 112 valence electrons. The second kappa shape index (κ2) is 4.18. The van der Waals surface area contributed by atoms with Crippen LogP contribution in [0.25, 0.3) is 0 Å². The van der Waals surface area contributed by atoms with E-state index >= 15 is 0 Å². The average molecular weight is 289 g/mol. The van der Waals surface area contributed by atoms with Crippen LogP contribution < -0.4 is 4.72 Å². The summed E-state index contributed by atoms with van der Waals surface area (Å²) in [4.78, 5) is 0. The van der Waals surface area contributed by atoms with Gasteiger partial charge in [0.2, 0.25) is 10.0 Å². The molecule has 0 amide bonds. The molecular weight excluding hydrogens is 262 g/mol. The van der Waals surface area contributed by atoms with Crippen molar-refractivity contribution in [3.8, 4) is 0 Å². The predicted octanol–water partition coefficient (Wildman–Crippen LogP) is 1.89. The van der Waals surface area contributed by atoms with Crippen molar-refractivity contribution < 1.29 is 13.5 Å². The molecule has 19 heavy (non-hydrogen) atoms. The number of aliphatic hydroxyl groups is 1. The lowest BCUT2D eigenvalue weighted by atomic mass is 9.70. The Morgan fingerprint density at radius 3 is 2.26 bits per heavy atom. The predicted molar refractivity (Wildman–Crippen MR) is 76.2 cm³/mol. The fourth-order valence-electron chi connectivity index (χ4n) is 4.22. The van der Waals surface area contributed by atoms with Gasteiger partial charge in [-0.15, -0.1) is 0 Å². The zero-order valence-corrected chi connectivity index (χ0v) is 13.5. The van der Waals surface area contributed by atoms with Gasteiger partial charge >= 0.3 is 0 Å². The van der Waals surface area contributed by atoms with E-state index in [0.717, 1.165) is 19.3 Å². The van der Waals surface area contributed by atoms with Gasteiger partial charge in [-0.25, -0.2) is 13.1 Å². The van der Waals surface area contributed by atoms with Gasteiger partial charge in [0.15, 0.2) is 0 Å². The number of aliphatic hydroxyl groups excluding tert-OH is 1. The van der Waals surface area contributed by atoms with Crippen LogP contribution in [0.3, 0.4) is 0 Å². The molecule has 0 saturated heterocycles. The molecule has 4 nitrogen and oxygen atoms in total. The van der Waals surface area contributed by atoms with E-state index in [2.05, 4.69) is 18.6 Å². The fraction of sp³-hybridized carbons (Fsp3) is 1.00. The van der Waals surface area contributed by atoms with Crippen molar-refractivity contribution >= 4 is 10.0 Å². The molecule has 2 rings (SSSR count). The third-order valence-electron chi connectivity index (χ3n) is 5.30. The zero-order valence-electron chi connectivity index (χ0n) is 12.7. The van der Waals surface area contributed by atoms with Crippen LogP contribution in [0.5, 0.6) is 0 Å². The van der Waals surface area contributed by atoms with Crippen molar-refractivity contribution in [1.82, 2.24) is 4.72 Å². The molecule has 2 bridgehead atoms. The zero-order chi connectivity index (χ0) is 14.7. The van der Waals surface area contributed by atoms with Gasteiger partial charge in [0.25, 0.3) is 0 Å². The van der Waals surface area contributed by atoms with Gasteiger partial charge in [-0.1, -0.05) is 13.8 Å². The number of hydrogen-bond donors (Lipinski definition) is 2. The Morgan fingerprint density at radius 2 is 1.89 bits per heavy atom. The van der Waals surface area contributed by atoms with Crippen molar-refractivity contribution in [2.75, 3.05) is 5.75 Å². The standard InChI is InChI=1S/C14H27NO3S/c1-12(2,3)15-19(17,18)9-14-7-6-10(8-11(14)16)13(14,4)5/h10-11,15-16H,6-9H2,1-5H3/t10-,11-,14-/m1/s1. The molecule has 2 aliphatic rings. The van der Waals surface area contributed by atoms with E-state index in [4.69, 9.17) is 0 Å². The maximum atomic E-state index is 12.4. The van der Waals surface area contributed by atoms with Crippen LogP contribution in [0.15, 0.2) is 0 Å². The van der Waals surface area contributed by atoms with E-state index in [0.29, 0.717) is 5.92 Å². The first-order valence-electron chi connectivity index (χ1n) is 7.09. The SMILES string of the molecule is CC(C)(C)NS(=O)(=O)C[C@]12CC[C@H](C[C@H]1O)C2(C)C. The van der Waals surface area contributed by atoms with E-state index in [1.165, 1.54) is 0 Å². The summed E-state index contributed by atoms with van der Waals surface area (Å²) in [5, 5.41) is 10.4. The molecule has 0 heterocycles. The summed E-state index contributed by atoms with van der Waals surface area (Å²) in [5.41, 5.74) is -1.05. The molecule has 2 saturated carbocycles. The number of rotatable bonds is 3. The molecule has 0 aromatic heterocycles. The quantitative estimate of drug-likeness (QED) is 0.834. The first-order valence-corrected chi connectivity index (χ1v) is 8.75. The van der Waals surface area contributed by atoms with Gasteiger partial charge in [-0.3, -0.25) is 0 Å². The summed E-state index contributed by atoms with van der Waals surface area (Å²) in [6, 6.07) is 0. The lowest BCUT2D eigenvalue weighted by molar-refractivity contribution is 0.0151. The van der Waals surface area contributed by atoms with Crippen molar-refractivity contribution in [2.45, 2.75) is 65.5 Å². The Bertz CT molecular complexity index is 464. The summed E-state index contributed by atoms with van der Waals surface area (Å²) in [7, 11) is -3.38. The first kappa shape index (κ1) is 15.3. The summed E-state index contributed by atoms with van der Waals surface area (Å²) in [6.07, 6.45) is 2.11. The second-order valence-corrected chi connectivity index (χ2v) is 9.70. The van der Waals surface area contributed by atoms with Gasteiger partial charge in [0.1, 0.15) is 0 Å². The Morgan fingerprint density at radius 1 is 1.32 bits per heavy atom. The molecule has 0 aromatic rings. The Labute approximate surface area is 117 Å². The highest BCUT2D eigenvalue weighted by Crippen LogP contribution is 2.66. The van der Waals surface area contributed by atoms with Crippen LogP contribution in [-0.2, 0) is 10.0 Å². The molecule has 2 N–H and O–H groups in total. The Balaban J connectivity index is 2.27. The first-order chi connectivity index (χ1) is 8.40. The Kier molecular flexibility index (Phi) is 3.36. The Hall–Kier alpha value is -0.130. The minimum absolute atomic E-state index is 0.0436. The number of sulfonamides is 1. The summed E-state index contributed by atoms with van der Waals surface area (Å²) in [5.74, 6) is 0.495. The maximum absolute atomic E-state index is 12.4. The highest BCUT2D eigenvalue weighted by Gasteiger charge is 2.65.